The normalized spacial score (nSPS) is 10.4. The summed E-state index contributed by atoms with van der Waals surface area (Å²) in [7, 11) is 1.35. The molecule has 3 aromatic rings. The van der Waals surface area contributed by atoms with E-state index in [9.17, 15) is 14.0 Å². The van der Waals surface area contributed by atoms with Gasteiger partial charge in [0, 0.05) is 29.0 Å². The lowest BCUT2D eigenvalue weighted by Crippen LogP contribution is -2.16. The second kappa shape index (κ2) is 8.98. The molecule has 2 aromatic carbocycles. The maximum atomic E-state index is 13.5. The Kier molecular flexibility index (Phi) is 6.39. The molecule has 154 valence electrons. The van der Waals surface area contributed by atoms with Crippen LogP contribution in [0, 0.1) is 5.82 Å². The summed E-state index contributed by atoms with van der Waals surface area (Å²) >= 11 is 12.3. The summed E-state index contributed by atoms with van der Waals surface area (Å²) in [6, 6.07) is 9.17. The number of amides is 2. The Hall–Kier alpha value is -3.36. The monoisotopic (exact) mass is 449 g/mol. The summed E-state index contributed by atoms with van der Waals surface area (Å²) in [5.41, 5.74) is 5.41. The molecule has 0 saturated heterocycles. The van der Waals surface area contributed by atoms with E-state index in [1.54, 1.807) is 0 Å². The number of nitrogens with two attached hydrogens (primary N) is 1. The molecule has 0 radical (unpaired) electrons. The van der Waals surface area contributed by atoms with Crippen LogP contribution in [0.5, 0.6) is 17.2 Å². The molecule has 10 heteroatoms. The highest BCUT2D eigenvalue weighted by molar-refractivity contribution is 6.37. The van der Waals surface area contributed by atoms with Gasteiger partial charge in [-0.05, 0) is 30.3 Å². The fourth-order valence-corrected chi connectivity index (χ4v) is 3.09. The first-order valence-electron chi connectivity index (χ1n) is 8.36. The highest BCUT2D eigenvalue weighted by Crippen LogP contribution is 2.38. The Balaban J connectivity index is 1.98. The summed E-state index contributed by atoms with van der Waals surface area (Å²) in [5.74, 6) is -1.65. The molecule has 2 amide bonds. The molecule has 0 atom stereocenters. The van der Waals surface area contributed by atoms with Gasteiger partial charge < -0.3 is 20.5 Å². The molecule has 0 aliphatic rings. The lowest BCUT2D eigenvalue weighted by Gasteiger charge is -2.15. The molecular weight excluding hydrogens is 436 g/mol. The summed E-state index contributed by atoms with van der Waals surface area (Å²) in [6.45, 7) is 0. The highest BCUT2D eigenvalue weighted by atomic mass is 35.5. The third kappa shape index (κ3) is 4.79. The molecule has 3 N–H and O–H groups in total. The molecular formula is C20H14Cl2FN3O4. The topological polar surface area (TPSA) is 104 Å². The molecule has 1 aromatic heterocycles. The van der Waals surface area contributed by atoms with Crippen molar-refractivity contribution in [1.82, 2.24) is 4.98 Å². The van der Waals surface area contributed by atoms with E-state index in [4.69, 9.17) is 38.4 Å². The van der Waals surface area contributed by atoms with Gasteiger partial charge in [-0.3, -0.25) is 14.6 Å². The first kappa shape index (κ1) is 21.4. The van der Waals surface area contributed by atoms with Crippen molar-refractivity contribution in [1.29, 1.82) is 0 Å². The van der Waals surface area contributed by atoms with E-state index in [1.807, 2.05) is 0 Å². The number of rotatable bonds is 6. The van der Waals surface area contributed by atoms with Crippen LogP contribution in [-0.4, -0.2) is 23.9 Å². The molecule has 30 heavy (non-hydrogen) atoms. The fourth-order valence-electron chi connectivity index (χ4n) is 2.53. The maximum absolute atomic E-state index is 13.5. The predicted molar refractivity (Wildman–Crippen MR) is 110 cm³/mol. The molecule has 0 aliphatic carbocycles. The number of nitrogens with one attached hydrogen (secondary N) is 1. The van der Waals surface area contributed by atoms with Gasteiger partial charge in [-0.2, -0.15) is 0 Å². The molecule has 0 spiro atoms. The molecule has 0 unspecified atom stereocenters. The van der Waals surface area contributed by atoms with Gasteiger partial charge in [-0.1, -0.05) is 23.2 Å². The Morgan fingerprint density at radius 2 is 1.83 bits per heavy atom. The Morgan fingerprint density at radius 3 is 2.53 bits per heavy atom. The fraction of sp³-hybridized carbons (Fsp3) is 0.0500. The van der Waals surface area contributed by atoms with Crippen LogP contribution in [0.25, 0.3) is 0 Å². The molecule has 0 aliphatic heterocycles. The number of carbonyl (C=O) groups excluding carboxylic acids is 2. The number of halogens is 3. The van der Waals surface area contributed by atoms with Crippen LogP contribution in [0.2, 0.25) is 10.0 Å². The molecule has 1 heterocycles. The van der Waals surface area contributed by atoms with Gasteiger partial charge in [-0.25, -0.2) is 4.39 Å². The first-order valence-corrected chi connectivity index (χ1v) is 9.11. The molecule has 0 bridgehead atoms. The van der Waals surface area contributed by atoms with Crippen molar-refractivity contribution in [2.75, 3.05) is 12.4 Å². The summed E-state index contributed by atoms with van der Waals surface area (Å²) < 4.78 is 24.3. The van der Waals surface area contributed by atoms with E-state index < -0.39 is 17.6 Å². The van der Waals surface area contributed by atoms with Crippen LogP contribution in [0.15, 0.2) is 48.7 Å². The van der Waals surface area contributed by atoms with E-state index in [0.29, 0.717) is 0 Å². The number of hydrogen-bond donors (Lipinski definition) is 2. The average molecular weight is 450 g/mol. The van der Waals surface area contributed by atoms with Gasteiger partial charge in [0.05, 0.1) is 12.1 Å². The number of nitrogens with zero attached hydrogens (tertiary/aromatic N) is 1. The van der Waals surface area contributed by atoms with Gasteiger partial charge in [0.1, 0.15) is 22.8 Å². The lowest BCUT2D eigenvalue weighted by atomic mass is 10.1. The van der Waals surface area contributed by atoms with Gasteiger partial charge in [0.2, 0.25) is 0 Å². The number of carbonyl (C=O) groups is 2. The Labute approximate surface area is 180 Å². The molecule has 3 rings (SSSR count). The van der Waals surface area contributed by atoms with Gasteiger partial charge in [0.25, 0.3) is 11.8 Å². The SMILES string of the molecule is COc1cc(F)ccc1Oc1cc(Cl)cc(Cl)c1C(=O)Nc1ccnc(C(N)=O)c1. The highest BCUT2D eigenvalue weighted by Gasteiger charge is 2.21. The number of primary amides is 1. The smallest absolute Gasteiger partial charge is 0.267 e. The first-order chi connectivity index (χ1) is 14.3. The van der Waals surface area contributed by atoms with Crippen molar-refractivity contribution >= 4 is 40.7 Å². The van der Waals surface area contributed by atoms with Crippen molar-refractivity contribution < 1.29 is 23.5 Å². The number of anilines is 1. The minimum Gasteiger partial charge on any atom is -0.493 e. The number of benzene rings is 2. The molecule has 0 saturated carbocycles. The molecule has 0 fully saturated rings. The third-order valence-corrected chi connectivity index (χ3v) is 4.38. The standard InChI is InChI=1S/C20H14Cl2FN3O4/c1-29-16-8-11(23)2-3-15(16)30-17-7-10(21)6-13(22)18(17)20(28)26-12-4-5-25-14(9-12)19(24)27/h2-9H,1H3,(H2,24,27)(H,25,26,28). The van der Waals surface area contributed by atoms with Crippen molar-refractivity contribution in [2.45, 2.75) is 0 Å². The van der Waals surface area contributed by atoms with Crippen LogP contribution in [0.1, 0.15) is 20.8 Å². The van der Waals surface area contributed by atoms with E-state index in [1.165, 1.54) is 49.7 Å². The predicted octanol–water partition coefficient (Wildman–Crippen LogP) is 4.68. The van der Waals surface area contributed by atoms with Crippen LogP contribution in [0.3, 0.4) is 0 Å². The van der Waals surface area contributed by atoms with Crippen LogP contribution in [0.4, 0.5) is 10.1 Å². The summed E-state index contributed by atoms with van der Waals surface area (Å²) in [4.78, 5) is 28.0. The number of methoxy groups -OCH3 is 1. The van der Waals surface area contributed by atoms with Crippen molar-refractivity contribution in [3.63, 3.8) is 0 Å². The second-order valence-corrected chi connectivity index (χ2v) is 6.75. The van der Waals surface area contributed by atoms with Crippen molar-refractivity contribution in [2.24, 2.45) is 5.73 Å². The second-order valence-electron chi connectivity index (χ2n) is 5.91. The summed E-state index contributed by atoms with van der Waals surface area (Å²) in [5, 5.41) is 2.82. The van der Waals surface area contributed by atoms with E-state index >= 15 is 0 Å². The molecule has 7 nitrogen and oxygen atoms in total. The number of ether oxygens (including phenoxy) is 2. The van der Waals surface area contributed by atoms with Crippen LogP contribution < -0.4 is 20.5 Å². The van der Waals surface area contributed by atoms with Crippen LogP contribution in [-0.2, 0) is 0 Å². The Bertz CT molecular complexity index is 1140. The average Bonchev–Trinajstić information content (AvgIpc) is 2.68. The quantitative estimate of drug-likeness (QED) is 0.568. The van der Waals surface area contributed by atoms with Crippen LogP contribution >= 0.6 is 23.2 Å². The largest absolute Gasteiger partial charge is 0.493 e. The van der Waals surface area contributed by atoms with E-state index in [-0.39, 0.29) is 44.2 Å². The van der Waals surface area contributed by atoms with E-state index in [0.717, 1.165) is 6.07 Å². The Morgan fingerprint density at radius 1 is 1.07 bits per heavy atom. The van der Waals surface area contributed by atoms with Gasteiger partial charge in [0.15, 0.2) is 11.5 Å². The number of aromatic nitrogens is 1. The number of hydrogen-bond acceptors (Lipinski definition) is 5. The number of pyridine rings is 1. The van der Waals surface area contributed by atoms with Crippen molar-refractivity contribution in [3.05, 3.63) is 75.8 Å². The van der Waals surface area contributed by atoms with Crippen molar-refractivity contribution in [3.8, 4) is 17.2 Å². The zero-order valence-electron chi connectivity index (χ0n) is 15.4. The third-order valence-electron chi connectivity index (χ3n) is 3.86. The minimum atomic E-state index is -0.747. The zero-order chi connectivity index (χ0) is 21.8. The lowest BCUT2D eigenvalue weighted by molar-refractivity contribution is 0.0991. The zero-order valence-corrected chi connectivity index (χ0v) is 16.9. The van der Waals surface area contributed by atoms with Gasteiger partial charge >= 0.3 is 0 Å². The maximum Gasteiger partial charge on any atom is 0.267 e. The summed E-state index contributed by atoms with van der Waals surface area (Å²) in [6.07, 6.45) is 1.32. The minimum absolute atomic E-state index is 0.0130. The van der Waals surface area contributed by atoms with E-state index in [2.05, 4.69) is 10.3 Å². The van der Waals surface area contributed by atoms with Gasteiger partial charge in [-0.15, -0.1) is 0 Å².